The summed E-state index contributed by atoms with van der Waals surface area (Å²) in [5, 5.41) is 12.2. The lowest BCUT2D eigenvalue weighted by Crippen LogP contribution is -2.33. The summed E-state index contributed by atoms with van der Waals surface area (Å²) in [4.78, 5) is 19.2. The Bertz CT molecular complexity index is 327. The van der Waals surface area contributed by atoms with Crippen LogP contribution < -0.4 is 5.32 Å². The Morgan fingerprint density at radius 1 is 1.50 bits per heavy atom. The largest absolute Gasteiger partial charge is 0.391 e. The lowest BCUT2D eigenvalue weighted by atomic mass is 10.1. The van der Waals surface area contributed by atoms with Crippen LogP contribution in [0.1, 0.15) is 30.8 Å². The number of carbonyl (C=O) groups excluding carboxylic acids is 1. The Morgan fingerprint density at radius 2 is 2.25 bits per heavy atom. The number of amides is 1. The van der Waals surface area contributed by atoms with E-state index < -0.39 is 6.10 Å². The first-order chi connectivity index (χ1) is 7.59. The first-order valence-electron chi connectivity index (χ1n) is 5.32. The van der Waals surface area contributed by atoms with Gasteiger partial charge in [0.2, 0.25) is 0 Å². The Labute approximate surface area is 94.9 Å². The van der Waals surface area contributed by atoms with Gasteiger partial charge >= 0.3 is 0 Å². The van der Waals surface area contributed by atoms with Crippen molar-refractivity contribution in [3.63, 3.8) is 0 Å². The van der Waals surface area contributed by atoms with Gasteiger partial charge in [-0.25, -0.2) is 4.98 Å². The molecule has 1 aromatic heterocycles. The van der Waals surface area contributed by atoms with Crippen molar-refractivity contribution in [2.24, 2.45) is 5.92 Å². The van der Waals surface area contributed by atoms with Crippen molar-refractivity contribution in [3.8, 4) is 0 Å². The van der Waals surface area contributed by atoms with Gasteiger partial charge in [-0.2, -0.15) is 0 Å². The Kier molecular flexibility index (Phi) is 4.85. The van der Waals surface area contributed by atoms with Crippen LogP contribution in [0.25, 0.3) is 0 Å². The van der Waals surface area contributed by atoms with Crippen molar-refractivity contribution < 1.29 is 9.90 Å². The molecule has 1 atom stereocenters. The molecule has 1 unspecified atom stereocenters. The third-order valence-corrected chi connectivity index (χ3v) is 2.04. The lowest BCUT2D eigenvalue weighted by Gasteiger charge is -2.13. The third kappa shape index (κ3) is 4.35. The number of aliphatic hydroxyl groups excluding tert-OH is 1. The highest BCUT2D eigenvalue weighted by Gasteiger charge is 2.10. The minimum atomic E-state index is -0.513. The summed E-state index contributed by atoms with van der Waals surface area (Å²) in [6.45, 7) is 4.29. The van der Waals surface area contributed by atoms with Gasteiger partial charge in [-0.1, -0.05) is 13.8 Å². The van der Waals surface area contributed by atoms with Crippen LogP contribution in [0.4, 0.5) is 0 Å². The average Bonchev–Trinajstić information content (AvgIpc) is 2.26. The van der Waals surface area contributed by atoms with E-state index in [4.69, 9.17) is 0 Å². The molecular weight excluding hydrogens is 206 g/mol. The molecule has 0 aromatic carbocycles. The fourth-order valence-corrected chi connectivity index (χ4v) is 1.34. The minimum absolute atomic E-state index is 0.244. The van der Waals surface area contributed by atoms with Gasteiger partial charge in [-0.15, -0.1) is 0 Å². The molecule has 0 spiro atoms. The van der Waals surface area contributed by atoms with Gasteiger partial charge in [0.25, 0.3) is 5.91 Å². The van der Waals surface area contributed by atoms with Crippen LogP contribution in [0.5, 0.6) is 0 Å². The summed E-state index contributed by atoms with van der Waals surface area (Å²) in [6, 6.07) is 0. The number of aromatic nitrogens is 2. The summed E-state index contributed by atoms with van der Waals surface area (Å²) in [5.74, 6) is 0.0966. The predicted molar refractivity (Wildman–Crippen MR) is 59.8 cm³/mol. The fraction of sp³-hybridized carbons (Fsp3) is 0.545. The third-order valence-electron chi connectivity index (χ3n) is 2.04. The number of aliphatic hydroxyl groups is 1. The topological polar surface area (TPSA) is 75.1 Å². The summed E-state index contributed by atoms with van der Waals surface area (Å²) >= 11 is 0. The van der Waals surface area contributed by atoms with Gasteiger partial charge in [0, 0.05) is 18.9 Å². The standard InChI is InChI=1S/C11H17N3O2/c1-8(2)5-9(15)6-14-11(16)10-7-12-3-4-13-10/h3-4,7-9,15H,5-6H2,1-2H3,(H,14,16). The molecule has 1 aromatic rings. The van der Waals surface area contributed by atoms with Gasteiger partial charge in [-0.3, -0.25) is 9.78 Å². The van der Waals surface area contributed by atoms with Crippen LogP contribution in [0.15, 0.2) is 18.6 Å². The zero-order valence-electron chi connectivity index (χ0n) is 9.55. The molecule has 16 heavy (non-hydrogen) atoms. The second kappa shape index (κ2) is 6.17. The van der Waals surface area contributed by atoms with Crippen molar-refractivity contribution in [2.75, 3.05) is 6.54 Å². The quantitative estimate of drug-likeness (QED) is 0.767. The van der Waals surface area contributed by atoms with Gasteiger partial charge in [0.15, 0.2) is 0 Å². The van der Waals surface area contributed by atoms with E-state index in [-0.39, 0.29) is 18.1 Å². The van der Waals surface area contributed by atoms with Crippen LogP contribution in [0.3, 0.4) is 0 Å². The van der Waals surface area contributed by atoms with E-state index in [1.54, 1.807) is 0 Å². The van der Waals surface area contributed by atoms with Crippen molar-refractivity contribution >= 4 is 5.91 Å². The zero-order valence-corrected chi connectivity index (χ0v) is 9.55. The Balaban J connectivity index is 2.36. The molecule has 0 saturated heterocycles. The summed E-state index contributed by atoms with van der Waals surface area (Å²) < 4.78 is 0. The minimum Gasteiger partial charge on any atom is -0.391 e. The molecule has 5 heteroatoms. The van der Waals surface area contributed by atoms with E-state index in [9.17, 15) is 9.90 Å². The highest BCUT2D eigenvalue weighted by atomic mass is 16.3. The molecule has 0 aliphatic rings. The van der Waals surface area contributed by atoms with Crippen molar-refractivity contribution in [1.82, 2.24) is 15.3 Å². The SMILES string of the molecule is CC(C)CC(O)CNC(=O)c1cnccn1. The summed E-state index contributed by atoms with van der Waals surface area (Å²) in [7, 11) is 0. The predicted octanol–water partition coefficient (Wildman–Crippen LogP) is 0.613. The molecular formula is C11H17N3O2. The molecule has 1 amide bonds. The van der Waals surface area contributed by atoms with Crippen molar-refractivity contribution in [1.29, 1.82) is 0 Å². The van der Waals surface area contributed by atoms with Crippen molar-refractivity contribution in [3.05, 3.63) is 24.3 Å². The molecule has 0 radical (unpaired) electrons. The summed E-state index contributed by atoms with van der Waals surface area (Å²) in [5.41, 5.74) is 0.263. The molecule has 1 rings (SSSR count). The lowest BCUT2D eigenvalue weighted by molar-refractivity contribution is 0.0895. The second-order valence-corrected chi connectivity index (χ2v) is 4.08. The van der Waals surface area contributed by atoms with Crippen LogP contribution >= 0.6 is 0 Å². The van der Waals surface area contributed by atoms with Crippen molar-refractivity contribution in [2.45, 2.75) is 26.4 Å². The number of carbonyl (C=O) groups is 1. The molecule has 0 bridgehead atoms. The van der Waals surface area contributed by atoms with Crippen LogP contribution in [-0.2, 0) is 0 Å². The molecule has 2 N–H and O–H groups in total. The Morgan fingerprint density at radius 3 is 2.81 bits per heavy atom. The summed E-state index contributed by atoms with van der Waals surface area (Å²) in [6.07, 6.45) is 4.51. The van der Waals surface area contributed by atoms with E-state index in [0.717, 1.165) is 0 Å². The maximum Gasteiger partial charge on any atom is 0.271 e. The van der Waals surface area contributed by atoms with Gasteiger partial charge in [0.05, 0.1) is 12.3 Å². The second-order valence-electron chi connectivity index (χ2n) is 4.08. The highest BCUT2D eigenvalue weighted by molar-refractivity contribution is 5.91. The first kappa shape index (κ1) is 12.6. The molecule has 0 aliphatic carbocycles. The van der Waals surface area contributed by atoms with E-state index in [1.165, 1.54) is 18.6 Å². The molecule has 0 saturated carbocycles. The molecule has 0 aliphatic heterocycles. The van der Waals surface area contributed by atoms with E-state index in [2.05, 4.69) is 15.3 Å². The maximum absolute atomic E-state index is 11.5. The van der Waals surface area contributed by atoms with Crippen LogP contribution in [0.2, 0.25) is 0 Å². The fourth-order valence-electron chi connectivity index (χ4n) is 1.34. The normalized spacial score (nSPS) is 12.5. The van der Waals surface area contributed by atoms with E-state index in [1.807, 2.05) is 13.8 Å². The molecule has 1 heterocycles. The van der Waals surface area contributed by atoms with Gasteiger partial charge in [0.1, 0.15) is 5.69 Å². The van der Waals surface area contributed by atoms with Gasteiger partial charge in [-0.05, 0) is 12.3 Å². The first-order valence-corrected chi connectivity index (χ1v) is 5.32. The number of nitrogens with one attached hydrogen (secondary N) is 1. The van der Waals surface area contributed by atoms with E-state index in [0.29, 0.717) is 12.3 Å². The maximum atomic E-state index is 11.5. The zero-order chi connectivity index (χ0) is 12.0. The monoisotopic (exact) mass is 223 g/mol. The average molecular weight is 223 g/mol. The number of hydrogen-bond donors (Lipinski definition) is 2. The molecule has 5 nitrogen and oxygen atoms in total. The molecule has 88 valence electrons. The number of nitrogens with zero attached hydrogens (tertiary/aromatic N) is 2. The smallest absolute Gasteiger partial charge is 0.271 e. The number of rotatable bonds is 5. The van der Waals surface area contributed by atoms with Gasteiger partial charge < -0.3 is 10.4 Å². The number of hydrogen-bond acceptors (Lipinski definition) is 4. The Hall–Kier alpha value is -1.49. The van der Waals surface area contributed by atoms with E-state index >= 15 is 0 Å². The van der Waals surface area contributed by atoms with Crippen LogP contribution in [-0.4, -0.2) is 33.6 Å². The van der Waals surface area contributed by atoms with Crippen LogP contribution in [0, 0.1) is 5.92 Å². The molecule has 0 fully saturated rings. The highest BCUT2D eigenvalue weighted by Crippen LogP contribution is 2.03.